The van der Waals surface area contributed by atoms with E-state index >= 15 is 0 Å². The van der Waals surface area contributed by atoms with Crippen molar-refractivity contribution in [3.05, 3.63) is 65.2 Å². The zero-order valence-electron chi connectivity index (χ0n) is 16.3. The third-order valence-electron chi connectivity index (χ3n) is 4.42. The van der Waals surface area contributed by atoms with Gasteiger partial charge in [-0.2, -0.15) is 0 Å². The Balaban J connectivity index is 1.97. The van der Waals surface area contributed by atoms with Gasteiger partial charge in [0, 0.05) is 28.9 Å². The highest BCUT2D eigenvalue weighted by atomic mass is 16.2. The van der Waals surface area contributed by atoms with E-state index in [-0.39, 0.29) is 17.4 Å². The molecule has 148 valence electrons. The highest BCUT2D eigenvalue weighted by Gasteiger charge is 2.18. The fourth-order valence-corrected chi connectivity index (χ4v) is 2.34. The van der Waals surface area contributed by atoms with Gasteiger partial charge in [-0.1, -0.05) is 19.1 Å². The van der Waals surface area contributed by atoms with Gasteiger partial charge in [0.2, 0.25) is 0 Å². The van der Waals surface area contributed by atoms with Crippen molar-refractivity contribution in [1.29, 1.82) is 0 Å². The highest BCUT2D eigenvalue weighted by Crippen LogP contribution is 2.14. The Morgan fingerprint density at radius 2 is 1.43 bits per heavy atom. The maximum atomic E-state index is 12.4. The van der Waals surface area contributed by atoms with Crippen molar-refractivity contribution in [2.75, 3.05) is 5.32 Å². The van der Waals surface area contributed by atoms with E-state index in [1.165, 1.54) is 0 Å². The van der Waals surface area contributed by atoms with Crippen LogP contribution in [0, 0.1) is 0 Å². The van der Waals surface area contributed by atoms with Crippen LogP contribution >= 0.6 is 0 Å². The topological polar surface area (TPSA) is 113 Å². The molecule has 4 amide bonds. The quantitative estimate of drug-likeness (QED) is 0.590. The summed E-state index contributed by atoms with van der Waals surface area (Å²) < 4.78 is 0. The molecular formula is C21H26N4O3. The molecule has 0 saturated carbocycles. The summed E-state index contributed by atoms with van der Waals surface area (Å²) in [7, 11) is 0. The lowest BCUT2D eigenvalue weighted by atomic mass is 10.0. The number of hydrogen-bond donors (Lipinski definition) is 4. The van der Waals surface area contributed by atoms with Crippen molar-refractivity contribution in [3.63, 3.8) is 0 Å². The first-order valence-corrected chi connectivity index (χ1v) is 9.06. The zero-order valence-corrected chi connectivity index (χ0v) is 16.3. The number of primary amides is 1. The third kappa shape index (κ3) is 6.12. The van der Waals surface area contributed by atoms with Gasteiger partial charge >= 0.3 is 6.03 Å². The lowest BCUT2D eigenvalue weighted by molar-refractivity contribution is 0.0910. The molecule has 0 radical (unpaired) electrons. The molecule has 2 aromatic rings. The van der Waals surface area contributed by atoms with Crippen molar-refractivity contribution in [2.24, 2.45) is 5.73 Å². The van der Waals surface area contributed by atoms with E-state index in [0.717, 1.165) is 12.0 Å². The van der Waals surface area contributed by atoms with Crippen LogP contribution in [0.15, 0.2) is 48.5 Å². The Hall–Kier alpha value is -3.35. The van der Waals surface area contributed by atoms with Crippen LogP contribution in [-0.2, 0) is 6.54 Å². The molecule has 0 aliphatic carbocycles. The molecule has 0 bridgehead atoms. The molecule has 7 heteroatoms. The number of amides is 4. The average molecular weight is 382 g/mol. The standard InChI is InChI=1S/C21H26N4O3/c1-4-21(2,3)25-19(27)16-9-11-17(12-10-16)24-18(26)15-7-5-14(6-8-15)13-23-20(22)28/h5-12H,4,13H2,1-3H3,(H,24,26)(H,25,27)(H3,22,23,28). The monoisotopic (exact) mass is 382 g/mol. The summed E-state index contributed by atoms with van der Waals surface area (Å²) in [6.07, 6.45) is 0.824. The van der Waals surface area contributed by atoms with Gasteiger partial charge in [0.15, 0.2) is 0 Å². The molecule has 0 aliphatic rings. The zero-order chi connectivity index (χ0) is 20.7. The van der Waals surface area contributed by atoms with E-state index in [1.807, 2.05) is 20.8 Å². The Bertz CT molecular complexity index is 843. The normalized spacial score (nSPS) is 10.8. The van der Waals surface area contributed by atoms with E-state index in [0.29, 0.717) is 23.4 Å². The van der Waals surface area contributed by atoms with E-state index < -0.39 is 6.03 Å². The Labute approximate surface area is 164 Å². The molecule has 2 aromatic carbocycles. The summed E-state index contributed by atoms with van der Waals surface area (Å²) in [5.74, 6) is -0.413. The second kappa shape index (κ2) is 9.03. The van der Waals surface area contributed by atoms with Crippen LogP contribution in [-0.4, -0.2) is 23.4 Å². The molecule has 0 heterocycles. The Kier molecular flexibility index (Phi) is 6.76. The molecule has 0 spiro atoms. The highest BCUT2D eigenvalue weighted by molar-refractivity contribution is 6.04. The first-order valence-electron chi connectivity index (χ1n) is 9.06. The van der Waals surface area contributed by atoms with E-state index in [9.17, 15) is 14.4 Å². The van der Waals surface area contributed by atoms with Gasteiger partial charge in [0.05, 0.1) is 0 Å². The number of carbonyl (C=O) groups excluding carboxylic acids is 3. The summed E-state index contributed by atoms with van der Waals surface area (Å²) in [4.78, 5) is 35.3. The lowest BCUT2D eigenvalue weighted by Gasteiger charge is -2.24. The van der Waals surface area contributed by atoms with Crippen molar-refractivity contribution < 1.29 is 14.4 Å². The van der Waals surface area contributed by atoms with Gasteiger partial charge in [-0.3, -0.25) is 9.59 Å². The second-order valence-electron chi connectivity index (χ2n) is 7.14. The summed E-state index contributed by atoms with van der Waals surface area (Å²) >= 11 is 0. The minimum atomic E-state index is -0.600. The van der Waals surface area contributed by atoms with Crippen molar-refractivity contribution in [2.45, 2.75) is 39.3 Å². The van der Waals surface area contributed by atoms with Crippen LogP contribution in [0.25, 0.3) is 0 Å². The molecule has 0 unspecified atom stereocenters. The first kappa shape index (κ1) is 21.0. The largest absolute Gasteiger partial charge is 0.352 e. The number of nitrogens with one attached hydrogen (secondary N) is 3. The maximum Gasteiger partial charge on any atom is 0.312 e. The van der Waals surface area contributed by atoms with Gasteiger partial charge < -0.3 is 21.7 Å². The minimum Gasteiger partial charge on any atom is -0.352 e. The van der Waals surface area contributed by atoms with Gasteiger partial charge in [0.1, 0.15) is 0 Å². The van der Waals surface area contributed by atoms with Gasteiger partial charge in [-0.15, -0.1) is 0 Å². The molecule has 0 atom stereocenters. The lowest BCUT2D eigenvalue weighted by Crippen LogP contribution is -2.42. The molecule has 0 saturated heterocycles. The van der Waals surface area contributed by atoms with Crippen LogP contribution in [0.4, 0.5) is 10.5 Å². The summed E-state index contributed by atoms with van der Waals surface area (Å²) in [5, 5.41) is 8.25. The fraction of sp³-hybridized carbons (Fsp3) is 0.286. The molecule has 28 heavy (non-hydrogen) atoms. The maximum absolute atomic E-state index is 12.4. The number of anilines is 1. The number of hydrogen-bond acceptors (Lipinski definition) is 3. The fourth-order valence-electron chi connectivity index (χ4n) is 2.34. The number of nitrogens with two attached hydrogens (primary N) is 1. The number of rotatable bonds is 7. The molecule has 0 fully saturated rings. The van der Waals surface area contributed by atoms with Gasteiger partial charge in [-0.25, -0.2) is 4.79 Å². The third-order valence-corrected chi connectivity index (χ3v) is 4.42. The smallest absolute Gasteiger partial charge is 0.312 e. The van der Waals surface area contributed by atoms with Gasteiger partial charge in [-0.05, 0) is 62.2 Å². The molecular weight excluding hydrogens is 356 g/mol. The number of benzene rings is 2. The van der Waals surface area contributed by atoms with Gasteiger partial charge in [0.25, 0.3) is 11.8 Å². The van der Waals surface area contributed by atoms with Crippen molar-refractivity contribution >= 4 is 23.5 Å². The Morgan fingerprint density at radius 3 is 1.96 bits per heavy atom. The summed E-state index contributed by atoms with van der Waals surface area (Å²) in [6.45, 7) is 6.25. The van der Waals surface area contributed by atoms with Crippen molar-refractivity contribution in [3.8, 4) is 0 Å². The SMILES string of the molecule is CCC(C)(C)NC(=O)c1ccc(NC(=O)c2ccc(CNC(N)=O)cc2)cc1. The average Bonchev–Trinajstić information content (AvgIpc) is 2.67. The van der Waals surface area contributed by atoms with Crippen LogP contribution < -0.4 is 21.7 Å². The predicted molar refractivity (Wildman–Crippen MR) is 109 cm³/mol. The minimum absolute atomic E-state index is 0.148. The molecule has 5 N–H and O–H groups in total. The van der Waals surface area contributed by atoms with E-state index in [4.69, 9.17) is 5.73 Å². The van der Waals surface area contributed by atoms with E-state index in [1.54, 1.807) is 48.5 Å². The summed E-state index contributed by atoms with van der Waals surface area (Å²) in [6, 6.07) is 13.0. The summed E-state index contributed by atoms with van der Waals surface area (Å²) in [5.41, 5.74) is 7.20. The molecule has 0 aliphatic heterocycles. The van der Waals surface area contributed by atoms with Crippen LogP contribution in [0.2, 0.25) is 0 Å². The number of urea groups is 1. The van der Waals surface area contributed by atoms with Crippen LogP contribution in [0.3, 0.4) is 0 Å². The predicted octanol–water partition coefficient (Wildman–Crippen LogP) is 3.03. The molecule has 0 aromatic heterocycles. The van der Waals surface area contributed by atoms with Crippen molar-refractivity contribution in [1.82, 2.24) is 10.6 Å². The Morgan fingerprint density at radius 1 is 0.893 bits per heavy atom. The van der Waals surface area contributed by atoms with Crippen LogP contribution in [0.1, 0.15) is 53.5 Å². The van der Waals surface area contributed by atoms with E-state index in [2.05, 4.69) is 16.0 Å². The van der Waals surface area contributed by atoms with Crippen LogP contribution in [0.5, 0.6) is 0 Å². The second-order valence-corrected chi connectivity index (χ2v) is 7.14. The molecule has 2 rings (SSSR count). The first-order chi connectivity index (χ1) is 13.2. The number of carbonyl (C=O) groups is 3. The molecule has 7 nitrogen and oxygen atoms in total.